The Morgan fingerprint density at radius 3 is 2.87 bits per heavy atom. The third kappa shape index (κ3) is 1.41. The number of nitrogens with zero attached hydrogens (tertiary/aromatic N) is 1. The van der Waals surface area contributed by atoms with Crippen molar-refractivity contribution in [3.63, 3.8) is 0 Å². The zero-order valence-corrected chi connectivity index (χ0v) is 8.82. The highest BCUT2D eigenvalue weighted by molar-refractivity contribution is 5.91. The number of hydrogen-bond donors (Lipinski definition) is 1. The van der Waals surface area contributed by atoms with E-state index in [1.807, 2.05) is 12.1 Å². The summed E-state index contributed by atoms with van der Waals surface area (Å²) in [5.74, 6) is 0.891. The van der Waals surface area contributed by atoms with Gasteiger partial charge in [0.15, 0.2) is 0 Å². The highest BCUT2D eigenvalue weighted by atomic mass is 15.0. The van der Waals surface area contributed by atoms with E-state index in [1.54, 1.807) is 0 Å². The van der Waals surface area contributed by atoms with Crippen LogP contribution in [0.3, 0.4) is 0 Å². The molecule has 78 valence electrons. The number of nitrogens with two attached hydrogens (primary N) is 1. The van der Waals surface area contributed by atoms with Gasteiger partial charge in [-0.1, -0.05) is 12.5 Å². The maximum Gasteiger partial charge on any atom is 0.0501 e. The molecule has 0 radical (unpaired) electrons. The summed E-state index contributed by atoms with van der Waals surface area (Å²) in [5, 5.41) is 1.19. The molecule has 1 heterocycles. The van der Waals surface area contributed by atoms with Crippen molar-refractivity contribution in [2.24, 2.45) is 5.92 Å². The van der Waals surface area contributed by atoms with Gasteiger partial charge in [-0.2, -0.15) is 0 Å². The summed E-state index contributed by atoms with van der Waals surface area (Å²) < 4.78 is 2.34. The standard InChI is InChI=1S/C13H16N2/c14-12-5-2-6-13-11(12)7-8-15(13)9-10-3-1-4-10/h2,5-8,10H,1,3-4,9,14H2. The first-order valence-corrected chi connectivity index (χ1v) is 5.68. The van der Waals surface area contributed by atoms with Crippen molar-refractivity contribution in [2.75, 3.05) is 5.73 Å². The Bertz CT molecular complexity index is 480. The first-order valence-electron chi connectivity index (χ1n) is 5.68. The molecule has 1 aliphatic rings. The quantitative estimate of drug-likeness (QED) is 0.742. The lowest BCUT2D eigenvalue weighted by atomic mass is 9.85. The summed E-state index contributed by atoms with van der Waals surface area (Å²) in [7, 11) is 0. The van der Waals surface area contributed by atoms with Gasteiger partial charge in [0.1, 0.15) is 0 Å². The van der Waals surface area contributed by atoms with E-state index in [-0.39, 0.29) is 0 Å². The van der Waals surface area contributed by atoms with Crippen molar-refractivity contribution in [3.8, 4) is 0 Å². The molecule has 15 heavy (non-hydrogen) atoms. The van der Waals surface area contributed by atoms with Gasteiger partial charge in [-0.3, -0.25) is 0 Å². The molecule has 0 atom stereocenters. The minimum Gasteiger partial charge on any atom is -0.398 e. The van der Waals surface area contributed by atoms with Gasteiger partial charge >= 0.3 is 0 Å². The minimum atomic E-state index is 0.889. The maximum absolute atomic E-state index is 5.93. The molecule has 0 spiro atoms. The van der Waals surface area contributed by atoms with Gasteiger partial charge in [0, 0.05) is 23.8 Å². The van der Waals surface area contributed by atoms with E-state index >= 15 is 0 Å². The SMILES string of the molecule is Nc1cccc2c1ccn2CC1CCC1. The van der Waals surface area contributed by atoms with Crippen LogP contribution in [0, 0.1) is 5.92 Å². The molecular formula is C13H16N2. The van der Waals surface area contributed by atoms with Crippen LogP contribution >= 0.6 is 0 Å². The number of anilines is 1. The molecule has 0 amide bonds. The summed E-state index contributed by atoms with van der Waals surface area (Å²) in [4.78, 5) is 0. The van der Waals surface area contributed by atoms with Gasteiger partial charge in [0.25, 0.3) is 0 Å². The molecule has 0 bridgehead atoms. The van der Waals surface area contributed by atoms with Crippen LogP contribution in [0.25, 0.3) is 10.9 Å². The fraction of sp³-hybridized carbons (Fsp3) is 0.385. The topological polar surface area (TPSA) is 30.9 Å². The van der Waals surface area contributed by atoms with Crippen LogP contribution in [-0.2, 0) is 6.54 Å². The zero-order valence-electron chi connectivity index (χ0n) is 8.82. The van der Waals surface area contributed by atoms with Crippen LogP contribution in [0.1, 0.15) is 19.3 Å². The Kier molecular flexibility index (Phi) is 1.94. The molecule has 2 nitrogen and oxygen atoms in total. The van der Waals surface area contributed by atoms with Gasteiger partial charge in [0.2, 0.25) is 0 Å². The number of nitrogen functional groups attached to an aromatic ring is 1. The second-order valence-electron chi connectivity index (χ2n) is 4.55. The van der Waals surface area contributed by atoms with Crippen LogP contribution in [0.5, 0.6) is 0 Å². The molecule has 1 fully saturated rings. The molecule has 0 aliphatic heterocycles. The summed E-state index contributed by atoms with van der Waals surface area (Å²) in [6.45, 7) is 1.16. The fourth-order valence-electron chi connectivity index (χ4n) is 2.36. The third-order valence-electron chi connectivity index (χ3n) is 3.53. The molecule has 1 aliphatic carbocycles. The Labute approximate surface area is 89.7 Å². The maximum atomic E-state index is 5.93. The average Bonchev–Trinajstić information content (AvgIpc) is 2.56. The highest BCUT2D eigenvalue weighted by Crippen LogP contribution is 2.30. The Morgan fingerprint density at radius 1 is 1.27 bits per heavy atom. The molecular weight excluding hydrogens is 184 g/mol. The number of benzene rings is 1. The number of rotatable bonds is 2. The summed E-state index contributed by atoms with van der Waals surface area (Å²) in [6, 6.07) is 8.29. The van der Waals surface area contributed by atoms with Crippen LogP contribution < -0.4 is 5.73 Å². The first-order chi connectivity index (χ1) is 7.34. The summed E-state index contributed by atoms with van der Waals surface area (Å²) in [5.41, 5.74) is 8.10. The van der Waals surface area contributed by atoms with Crippen molar-refractivity contribution in [1.82, 2.24) is 4.57 Å². The van der Waals surface area contributed by atoms with Gasteiger partial charge in [0.05, 0.1) is 5.52 Å². The van der Waals surface area contributed by atoms with Gasteiger partial charge < -0.3 is 10.3 Å². The van der Waals surface area contributed by atoms with E-state index in [0.29, 0.717) is 0 Å². The van der Waals surface area contributed by atoms with Crippen molar-refractivity contribution in [1.29, 1.82) is 0 Å². The van der Waals surface area contributed by atoms with Crippen LogP contribution in [0.2, 0.25) is 0 Å². The second-order valence-corrected chi connectivity index (χ2v) is 4.55. The number of hydrogen-bond acceptors (Lipinski definition) is 1. The van der Waals surface area contributed by atoms with E-state index in [9.17, 15) is 0 Å². The lowest BCUT2D eigenvalue weighted by molar-refractivity contribution is 0.280. The summed E-state index contributed by atoms with van der Waals surface area (Å²) >= 11 is 0. The first kappa shape index (κ1) is 8.84. The molecule has 2 heteroatoms. The normalized spacial score (nSPS) is 16.8. The predicted molar refractivity (Wildman–Crippen MR) is 63.7 cm³/mol. The molecule has 2 N–H and O–H groups in total. The number of fused-ring (bicyclic) bond motifs is 1. The molecule has 2 aromatic rings. The van der Waals surface area contributed by atoms with Gasteiger partial charge in [-0.25, -0.2) is 0 Å². The van der Waals surface area contributed by atoms with Gasteiger partial charge in [-0.15, -0.1) is 0 Å². The van der Waals surface area contributed by atoms with Crippen LogP contribution in [-0.4, -0.2) is 4.57 Å². The molecule has 1 aromatic carbocycles. The average molecular weight is 200 g/mol. The smallest absolute Gasteiger partial charge is 0.0501 e. The zero-order chi connectivity index (χ0) is 10.3. The van der Waals surface area contributed by atoms with Crippen molar-refractivity contribution < 1.29 is 0 Å². The van der Waals surface area contributed by atoms with Crippen LogP contribution in [0.15, 0.2) is 30.5 Å². The Hall–Kier alpha value is -1.44. The largest absolute Gasteiger partial charge is 0.398 e. The number of aromatic nitrogens is 1. The minimum absolute atomic E-state index is 0.889. The monoisotopic (exact) mass is 200 g/mol. The Balaban J connectivity index is 2.00. The lowest BCUT2D eigenvalue weighted by Crippen LogP contribution is -2.17. The molecule has 0 unspecified atom stereocenters. The van der Waals surface area contributed by atoms with Crippen molar-refractivity contribution in [2.45, 2.75) is 25.8 Å². The highest BCUT2D eigenvalue weighted by Gasteiger charge is 2.18. The molecule has 3 rings (SSSR count). The lowest BCUT2D eigenvalue weighted by Gasteiger charge is -2.26. The van der Waals surface area contributed by atoms with E-state index in [2.05, 4.69) is 22.9 Å². The predicted octanol–water partition coefficient (Wildman–Crippen LogP) is 3.02. The Morgan fingerprint density at radius 2 is 2.13 bits per heavy atom. The van der Waals surface area contributed by atoms with E-state index in [4.69, 9.17) is 5.73 Å². The van der Waals surface area contributed by atoms with E-state index < -0.39 is 0 Å². The van der Waals surface area contributed by atoms with E-state index in [1.165, 1.54) is 30.2 Å². The molecule has 1 aromatic heterocycles. The third-order valence-corrected chi connectivity index (χ3v) is 3.53. The van der Waals surface area contributed by atoms with Gasteiger partial charge in [-0.05, 0) is 37.0 Å². The van der Waals surface area contributed by atoms with Crippen LogP contribution in [0.4, 0.5) is 5.69 Å². The fourth-order valence-corrected chi connectivity index (χ4v) is 2.36. The van der Waals surface area contributed by atoms with E-state index in [0.717, 1.165) is 18.2 Å². The summed E-state index contributed by atoms with van der Waals surface area (Å²) in [6.07, 6.45) is 6.36. The second kappa shape index (κ2) is 3.30. The molecule has 0 saturated heterocycles. The van der Waals surface area contributed by atoms with Crippen molar-refractivity contribution >= 4 is 16.6 Å². The van der Waals surface area contributed by atoms with Crippen molar-refractivity contribution in [3.05, 3.63) is 30.5 Å². The molecule has 1 saturated carbocycles.